The zero-order valence-corrected chi connectivity index (χ0v) is 13.6. The molecule has 3 aromatic rings. The Labute approximate surface area is 146 Å². The Bertz CT molecular complexity index is 877. The van der Waals surface area contributed by atoms with Gasteiger partial charge in [-0.05, 0) is 12.1 Å². The molecule has 0 spiro atoms. The van der Waals surface area contributed by atoms with Crippen LogP contribution < -0.4 is 5.32 Å². The van der Waals surface area contributed by atoms with Crippen LogP contribution in [-0.2, 0) is 11.2 Å². The van der Waals surface area contributed by atoms with Crippen molar-refractivity contribution in [2.24, 2.45) is 0 Å². The van der Waals surface area contributed by atoms with Crippen molar-refractivity contribution < 1.29 is 9.32 Å². The Hall–Kier alpha value is -3.39. The number of hydrogen-bond acceptors (Lipinski definition) is 4. The first-order valence-electron chi connectivity index (χ1n) is 8.00. The van der Waals surface area contributed by atoms with Crippen molar-refractivity contribution in [1.29, 1.82) is 0 Å². The molecule has 5 heteroatoms. The van der Waals surface area contributed by atoms with Crippen molar-refractivity contribution in [1.82, 2.24) is 15.5 Å². The highest BCUT2D eigenvalue weighted by molar-refractivity contribution is 5.76. The molecule has 1 heterocycles. The molecule has 124 valence electrons. The van der Waals surface area contributed by atoms with Gasteiger partial charge in [0.05, 0.1) is 6.54 Å². The van der Waals surface area contributed by atoms with Crippen LogP contribution in [0.4, 0.5) is 0 Å². The molecule has 3 rings (SSSR count). The van der Waals surface area contributed by atoms with Gasteiger partial charge in [-0.2, -0.15) is 4.98 Å². The second-order valence-corrected chi connectivity index (χ2v) is 5.32. The number of nitrogens with one attached hydrogen (secondary N) is 1. The Kier molecular flexibility index (Phi) is 5.57. The molecule has 0 bridgehead atoms. The monoisotopic (exact) mass is 331 g/mol. The van der Waals surface area contributed by atoms with Crippen molar-refractivity contribution in [2.75, 3.05) is 6.54 Å². The van der Waals surface area contributed by atoms with Crippen LogP contribution in [0.5, 0.6) is 0 Å². The summed E-state index contributed by atoms with van der Waals surface area (Å²) < 4.78 is 5.18. The lowest BCUT2D eigenvalue weighted by Gasteiger charge is -1.98. The maximum Gasteiger partial charge on any atom is 0.227 e. The topological polar surface area (TPSA) is 68.0 Å². The molecule has 0 radical (unpaired) electrons. The standard InChI is InChI=1S/C20H17N3O2/c24-18(21-15-7-10-16-8-3-1-4-9-16)13-14-19-22-20(23-25-19)17-11-5-2-6-12-17/h1-6,8-9,11-12H,13-15H2,(H,21,24). The predicted molar refractivity (Wildman–Crippen MR) is 94.4 cm³/mol. The molecular formula is C20H17N3O2. The molecule has 1 amide bonds. The largest absolute Gasteiger partial charge is 0.345 e. The fourth-order valence-corrected chi connectivity index (χ4v) is 2.18. The Morgan fingerprint density at radius 3 is 2.52 bits per heavy atom. The third-order valence-electron chi connectivity index (χ3n) is 3.45. The van der Waals surface area contributed by atoms with E-state index in [4.69, 9.17) is 4.52 Å². The van der Waals surface area contributed by atoms with Crippen LogP contribution >= 0.6 is 0 Å². The molecule has 25 heavy (non-hydrogen) atoms. The molecule has 0 saturated carbocycles. The van der Waals surface area contributed by atoms with E-state index < -0.39 is 0 Å². The number of nitrogens with zero attached hydrogens (tertiary/aromatic N) is 2. The number of benzene rings is 2. The van der Waals surface area contributed by atoms with E-state index in [-0.39, 0.29) is 12.3 Å². The van der Waals surface area contributed by atoms with E-state index in [9.17, 15) is 4.79 Å². The molecule has 1 aromatic heterocycles. The zero-order valence-electron chi connectivity index (χ0n) is 13.6. The maximum absolute atomic E-state index is 11.8. The SMILES string of the molecule is O=C(CCc1nc(-c2ccccc2)no1)NCC#Cc1ccccc1. The van der Waals surface area contributed by atoms with Crippen LogP contribution in [0, 0.1) is 11.8 Å². The van der Waals surface area contributed by atoms with Crippen molar-refractivity contribution in [2.45, 2.75) is 12.8 Å². The van der Waals surface area contributed by atoms with E-state index in [0.29, 0.717) is 24.7 Å². The Morgan fingerprint density at radius 2 is 1.76 bits per heavy atom. The molecule has 0 unspecified atom stereocenters. The van der Waals surface area contributed by atoms with E-state index in [1.807, 2.05) is 60.7 Å². The molecule has 0 aliphatic rings. The minimum atomic E-state index is -0.0955. The fourth-order valence-electron chi connectivity index (χ4n) is 2.18. The van der Waals surface area contributed by atoms with Gasteiger partial charge in [0.2, 0.25) is 17.6 Å². The van der Waals surface area contributed by atoms with E-state index in [1.54, 1.807) is 0 Å². The lowest BCUT2D eigenvalue weighted by molar-refractivity contribution is -0.120. The Morgan fingerprint density at radius 1 is 1.04 bits per heavy atom. The van der Waals surface area contributed by atoms with Crippen molar-refractivity contribution in [3.8, 4) is 23.2 Å². The summed E-state index contributed by atoms with van der Waals surface area (Å²) in [5, 5.41) is 6.69. The third-order valence-corrected chi connectivity index (χ3v) is 3.45. The number of hydrogen-bond donors (Lipinski definition) is 1. The number of rotatable bonds is 5. The molecule has 5 nitrogen and oxygen atoms in total. The number of aryl methyl sites for hydroxylation is 1. The highest BCUT2D eigenvalue weighted by Gasteiger charge is 2.09. The average molecular weight is 331 g/mol. The van der Waals surface area contributed by atoms with E-state index in [2.05, 4.69) is 27.3 Å². The second kappa shape index (κ2) is 8.46. The summed E-state index contributed by atoms with van der Waals surface area (Å²) in [5.74, 6) is 6.80. The number of carbonyl (C=O) groups excluding carboxylic acids is 1. The summed E-state index contributed by atoms with van der Waals surface area (Å²) in [7, 11) is 0. The summed E-state index contributed by atoms with van der Waals surface area (Å²) in [6.07, 6.45) is 0.682. The average Bonchev–Trinajstić information content (AvgIpc) is 3.14. The van der Waals surface area contributed by atoms with Gasteiger partial charge in [0.15, 0.2) is 0 Å². The fraction of sp³-hybridized carbons (Fsp3) is 0.150. The predicted octanol–water partition coefficient (Wildman–Crippen LogP) is 2.84. The van der Waals surface area contributed by atoms with Gasteiger partial charge in [-0.1, -0.05) is 65.5 Å². The maximum atomic E-state index is 11.8. The molecule has 2 aromatic carbocycles. The van der Waals surface area contributed by atoms with Gasteiger partial charge in [0.25, 0.3) is 0 Å². The molecule has 0 aliphatic heterocycles. The lowest BCUT2D eigenvalue weighted by Crippen LogP contribution is -2.23. The molecule has 0 saturated heterocycles. The van der Waals surface area contributed by atoms with Crippen molar-refractivity contribution in [3.63, 3.8) is 0 Å². The van der Waals surface area contributed by atoms with Gasteiger partial charge in [0.1, 0.15) is 0 Å². The van der Waals surface area contributed by atoms with Crippen LogP contribution in [0.3, 0.4) is 0 Å². The first kappa shape index (κ1) is 16.5. The lowest BCUT2D eigenvalue weighted by atomic mass is 10.2. The van der Waals surface area contributed by atoms with Gasteiger partial charge < -0.3 is 9.84 Å². The van der Waals surface area contributed by atoms with Crippen LogP contribution in [0.1, 0.15) is 17.9 Å². The number of carbonyl (C=O) groups is 1. The second-order valence-electron chi connectivity index (χ2n) is 5.32. The third kappa shape index (κ3) is 5.05. The summed E-state index contributed by atoms with van der Waals surface area (Å²) in [6.45, 7) is 0.312. The molecular weight excluding hydrogens is 314 g/mol. The van der Waals surface area contributed by atoms with Gasteiger partial charge in [-0.25, -0.2) is 0 Å². The Balaban J connectivity index is 1.44. The zero-order chi connectivity index (χ0) is 17.3. The van der Waals surface area contributed by atoms with E-state index in [1.165, 1.54) is 0 Å². The minimum Gasteiger partial charge on any atom is -0.345 e. The van der Waals surface area contributed by atoms with Crippen LogP contribution in [0.25, 0.3) is 11.4 Å². The first-order valence-corrected chi connectivity index (χ1v) is 8.00. The van der Waals surface area contributed by atoms with Crippen molar-refractivity contribution in [3.05, 3.63) is 72.1 Å². The summed E-state index contributed by atoms with van der Waals surface area (Å²) in [6, 6.07) is 19.2. The quantitative estimate of drug-likeness (QED) is 0.730. The van der Waals surface area contributed by atoms with Gasteiger partial charge in [-0.15, -0.1) is 0 Å². The molecule has 0 fully saturated rings. The van der Waals surface area contributed by atoms with E-state index >= 15 is 0 Å². The minimum absolute atomic E-state index is 0.0955. The van der Waals surface area contributed by atoms with Gasteiger partial charge >= 0.3 is 0 Å². The molecule has 0 aliphatic carbocycles. The number of aromatic nitrogens is 2. The van der Waals surface area contributed by atoms with Crippen LogP contribution in [0.15, 0.2) is 65.2 Å². The highest BCUT2D eigenvalue weighted by Crippen LogP contribution is 2.15. The summed E-state index contributed by atoms with van der Waals surface area (Å²) in [4.78, 5) is 16.1. The van der Waals surface area contributed by atoms with E-state index in [0.717, 1.165) is 11.1 Å². The molecule has 1 N–H and O–H groups in total. The number of amides is 1. The summed E-state index contributed by atoms with van der Waals surface area (Å²) >= 11 is 0. The summed E-state index contributed by atoms with van der Waals surface area (Å²) in [5.41, 5.74) is 1.81. The van der Waals surface area contributed by atoms with Gasteiger partial charge in [0, 0.05) is 24.0 Å². The van der Waals surface area contributed by atoms with Crippen LogP contribution in [0.2, 0.25) is 0 Å². The molecule has 0 atom stereocenters. The highest BCUT2D eigenvalue weighted by atomic mass is 16.5. The van der Waals surface area contributed by atoms with Gasteiger partial charge in [-0.3, -0.25) is 4.79 Å². The normalized spacial score (nSPS) is 9.92. The van der Waals surface area contributed by atoms with Crippen molar-refractivity contribution >= 4 is 5.91 Å². The smallest absolute Gasteiger partial charge is 0.227 e. The first-order chi connectivity index (χ1) is 12.3. The van der Waals surface area contributed by atoms with Crippen LogP contribution in [-0.4, -0.2) is 22.6 Å².